The second kappa shape index (κ2) is 4.37. The van der Waals surface area contributed by atoms with Gasteiger partial charge in [-0.15, -0.1) is 0 Å². The molecule has 1 aliphatic heterocycles. The molecule has 1 aromatic rings. The van der Waals surface area contributed by atoms with Gasteiger partial charge in [-0.2, -0.15) is 0 Å². The van der Waals surface area contributed by atoms with Crippen molar-refractivity contribution in [1.29, 1.82) is 0 Å². The topological polar surface area (TPSA) is 118 Å². The molecule has 0 aromatic carbocycles. The van der Waals surface area contributed by atoms with Crippen molar-refractivity contribution in [2.75, 3.05) is 23.7 Å². The molecule has 1 atom stereocenters. The van der Waals surface area contributed by atoms with Crippen molar-refractivity contribution in [3.8, 4) is 0 Å². The van der Waals surface area contributed by atoms with Crippen molar-refractivity contribution in [1.82, 2.24) is 9.97 Å². The van der Waals surface area contributed by atoms with E-state index in [2.05, 4.69) is 9.97 Å². The molecule has 2 heterocycles. The fourth-order valence-corrected chi connectivity index (χ4v) is 2.19. The minimum atomic E-state index is -0.869. The van der Waals surface area contributed by atoms with Crippen LogP contribution in [0.1, 0.15) is 19.8 Å². The maximum absolute atomic E-state index is 11.0. The Bertz CT molecular complexity index is 477. The molecule has 8 heteroatoms. The molecule has 1 aliphatic rings. The number of nitrogens with zero attached hydrogens (tertiary/aromatic N) is 4. The van der Waals surface area contributed by atoms with E-state index >= 15 is 0 Å². The minimum absolute atomic E-state index is 0.157. The van der Waals surface area contributed by atoms with Crippen LogP contribution in [-0.2, 0) is 0 Å². The largest absolute Gasteiger partial charge is 0.388 e. The van der Waals surface area contributed by atoms with Gasteiger partial charge in [0.05, 0.1) is 10.5 Å². The van der Waals surface area contributed by atoms with Gasteiger partial charge in [-0.05, 0) is 19.8 Å². The average molecular weight is 253 g/mol. The number of rotatable bonds is 2. The van der Waals surface area contributed by atoms with Crippen LogP contribution >= 0.6 is 0 Å². The second-order valence-electron chi connectivity index (χ2n) is 4.71. The zero-order chi connectivity index (χ0) is 13.3. The number of aromatic nitrogens is 2. The van der Waals surface area contributed by atoms with Gasteiger partial charge in [-0.1, -0.05) is 0 Å². The van der Waals surface area contributed by atoms with Crippen molar-refractivity contribution in [3.05, 3.63) is 16.4 Å². The Hall–Kier alpha value is -1.96. The van der Waals surface area contributed by atoms with E-state index in [4.69, 9.17) is 5.73 Å². The third kappa shape index (κ3) is 2.33. The van der Waals surface area contributed by atoms with Gasteiger partial charge in [0.1, 0.15) is 6.33 Å². The summed E-state index contributed by atoms with van der Waals surface area (Å²) in [6.45, 7) is 2.60. The fourth-order valence-electron chi connectivity index (χ4n) is 2.19. The number of hydrogen-bond acceptors (Lipinski definition) is 7. The summed E-state index contributed by atoms with van der Waals surface area (Å²) >= 11 is 0. The highest BCUT2D eigenvalue weighted by Gasteiger charge is 2.33. The van der Waals surface area contributed by atoms with Crippen molar-refractivity contribution in [2.45, 2.75) is 25.4 Å². The quantitative estimate of drug-likeness (QED) is 0.575. The zero-order valence-corrected chi connectivity index (χ0v) is 10.0. The molecular weight excluding hydrogens is 238 g/mol. The lowest BCUT2D eigenvalue weighted by atomic mass is 9.95. The van der Waals surface area contributed by atoms with Crippen LogP contribution in [0.4, 0.5) is 17.3 Å². The smallest absolute Gasteiger partial charge is 0.353 e. The van der Waals surface area contributed by atoms with Crippen LogP contribution in [-0.4, -0.2) is 38.7 Å². The van der Waals surface area contributed by atoms with E-state index in [0.717, 1.165) is 6.42 Å². The van der Waals surface area contributed by atoms with E-state index in [1.54, 1.807) is 11.8 Å². The molecule has 0 amide bonds. The summed E-state index contributed by atoms with van der Waals surface area (Å²) in [5, 5.41) is 21.0. The molecule has 0 spiro atoms. The molecule has 0 aliphatic carbocycles. The molecule has 1 aromatic heterocycles. The summed E-state index contributed by atoms with van der Waals surface area (Å²) in [5.74, 6) is 0.0164. The SMILES string of the molecule is CC1(O)CCCN(c2ncnc(N)c2[N+](=O)[O-])C1. The standard InChI is InChI=1S/C10H15N5O3/c1-10(16)3-2-4-14(5-10)9-7(15(17)18)8(11)12-6-13-9/h6,16H,2-5H2,1H3,(H2,11,12,13). The van der Waals surface area contributed by atoms with Crippen molar-refractivity contribution in [3.63, 3.8) is 0 Å². The Balaban J connectivity index is 2.39. The van der Waals surface area contributed by atoms with Crippen LogP contribution in [0.5, 0.6) is 0 Å². The third-order valence-corrected chi connectivity index (χ3v) is 2.99. The summed E-state index contributed by atoms with van der Waals surface area (Å²) in [6.07, 6.45) is 2.60. The maximum atomic E-state index is 11.0. The third-order valence-electron chi connectivity index (χ3n) is 2.99. The van der Waals surface area contributed by atoms with Crippen LogP contribution in [0.3, 0.4) is 0 Å². The van der Waals surface area contributed by atoms with Crippen molar-refractivity contribution < 1.29 is 10.0 Å². The Morgan fingerprint density at radius 1 is 1.61 bits per heavy atom. The lowest BCUT2D eigenvalue weighted by Gasteiger charge is -2.37. The van der Waals surface area contributed by atoms with Crippen molar-refractivity contribution in [2.24, 2.45) is 0 Å². The van der Waals surface area contributed by atoms with Gasteiger partial charge >= 0.3 is 5.69 Å². The lowest BCUT2D eigenvalue weighted by Crippen LogP contribution is -2.46. The van der Waals surface area contributed by atoms with E-state index in [1.165, 1.54) is 6.33 Å². The van der Waals surface area contributed by atoms with Gasteiger partial charge in [0, 0.05) is 13.1 Å². The van der Waals surface area contributed by atoms with Crippen LogP contribution in [0, 0.1) is 10.1 Å². The second-order valence-corrected chi connectivity index (χ2v) is 4.71. The molecule has 8 nitrogen and oxygen atoms in total. The van der Waals surface area contributed by atoms with Gasteiger partial charge in [0.2, 0.25) is 11.6 Å². The normalized spacial score (nSPS) is 24.0. The molecule has 98 valence electrons. The number of aliphatic hydroxyl groups is 1. The molecule has 1 fully saturated rings. The predicted molar refractivity (Wildman–Crippen MR) is 65.2 cm³/mol. The van der Waals surface area contributed by atoms with E-state index in [0.29, 0.717) is 19.5 Å². The zero-order valence-electron chi connectivity index (χ0n) is 10.0. The Kier molecular flexibility index (Phi) is 3.04. The summed E-state index contributed by atoms with van der Waals surface area (Å²) in [6, 6.07) is 0. The van der Waals surface area contributed by atoms with E-state index in [-0.39, 0.29) is 17.3 Å². The highest BCUT2D eigenvalue weighted by molar-refractivity contribution is 5.68. The molecule has 18 heavy (non-hydrogen) atoms. The monoisotopic (exact) mass is 253 g/mol. The molecule has 0 radical (unpaired) electrons. The molecule has 0 bridgehead atoms. The first-order chi connectivity index (χ1) is 8.41. The summed E-state index contributed by atoms with van der Waals surface area (Å²) < 4.78 is 0. The highest BCUT2D eigenvalue weighted by Crippen LogP contribution is 2.33. The van der Waals surface area contributed by atoms with Crippen LogP contribution in [0.15, 0.2) is 6.33 Å². The van der Waals surface area contributed by atoms with E-state index < -0.39 is 10.5 Å². The minimum Gasteiger partial charge on any atom is -0.388 e. The van der Waals surface area contributed by atoms with Gasteiger partial charge in [-0.25, -0.2) is 9.97 Å². The average Bonchev–Trinajstić information content (AvgIpc) is 2.26. The maximum Gasteiger partial charge on any atom is 0.353 e. The molecule has 1 saturated heterocycles. The van der Waals surface area contributed by atoms with Gasteiger partial charge < -0.3 is 15.7 Å². The predicted octanol–water partition coefficient (Wildman–Crippen LogP) is 0.318. The molecular formula is C10H15N5O3. The van der Waals surface area contributed by atoms with Gasteiger partial charge in [0.25, 0.3) is 0 Å². The summed E-state index contributed by atoms with van der Waals surface area (Å²) in [4.78, 5) is 19.7. The summed E-state index contributed by atoms with van der Waals surface area (Å²) in [7, 11) is 0. The fraction of sp³-hybridized carbons (Fsp3) is 0.600. The molecule has 3 N–H and O–H groups in total. The lowest BCUT2D eigenvalue weighted by molar-refractivity contribution is -0.383. The highest BCUT2D eigenvalue weighted by atomic mass is 16.6. The molecule has 1 unspecified atom stereocenters. The molecule has 2 rings (SSSR count). The van der Waals surface area contributed by atoms with Crippen LogP contribution in [0.25, 0.3) is 0 Å². The van der Waals surface area contributed by atoms with Crippen molar-refractivity contribution >= 4 is 17.3 Å². The van der Waals surface area contributed by atoms with Gasteiger partial charge in [0.15, 0.2) is 0 Å². The first kappa shape index (κ1) is 12.5. The first-order valence-electron chi connectivity index (χ1n) is 5.63. The summed E-state index contributed by atoms with van der Waals surface area (Å²) in [5.41, 5.74) is 4.35. The van der Waals surface area contributed by atoms with E-state index in [9.17, 15) is 15.2 Å². The number of hydrogen-bond donors (Lipinski definition) is 2. The Labute approximate surface area is 104 Å². The van der Waals surface area contributed by atoms with E-state index in [1.807, 2.05) is 0 Å². The number of piperidine rings is 1. The first-order valence-corrected chi connectivity index (χ1v) is 5.63. The number of β-amino-alcohol motifs (C(OH)–C–C–N with tert-alkyl or cyclic N) is 1. The van der Waals surface area contributed by atoms with Gasteiger partial charge in [-0.3, -0.25) is 10.1 Å². The number of anilines is 2. The van der Waals surface area contributed by atoms with Crippen LogP contribution in [0.2, 0.25) is 0 Å². The number of nitrogens with two attached hydrogens (primary N) is 1. The van der Waals surface area contributed by atoms with Crippen LogP contribution < -0.4 is 10.6 Å². The Morgan fingerprint density at radius 2 is 2.33 bits per heavy atom. The number of nitro groups is 1. The number of nitrogen functional groups attached to an aromatic ring is 1. The molecule has 0 saturated carbocycles. The Morgan fingerprint density at radius 3 is 2.94 bits per heavy atom.